The number of rotatable bonds is 3. The van der Waals surface area contributed by atoms with Gasteiger partial charge in [-0.1, -0.05) is 17.7 Å². The van der Waals surface area contributed by atoms with Gasteiger partial charge in [0, 0.05) is 17.9 Å². The fourth-order valence-electron chi connectivity index (χ4n) is 1.79. The molecule has 0 saturated carbocycles. The Hall–Kier alpha value is -1.00. The molecule has 1 aromatic rings. The van der Waals surface area contributed by atoms with Gasteiger partial charge in [0.05, 0.1) is 5.60 Å². The Morgan fingerprint density at radius 2 is 2.18 bits per heavy atom. The maximum atomic E-state index is 11.8. The molecule has 2 N–H and O–H groups in total. The lowest BCUT2D eigenvalue weighted by Gasteiger charge is -2.21. The van der Waals surface area contributed by atoms with E-state index in [1.165, 1.54) is 0 Å². The number of aryl methyl sites for hydroxylation is 1. The van der Waals surface area contributed by atoms with Crippen molar-refractivity contribution in [3.63, 3.8) is 0 Å². The lowest BCUT2D eigenvalue weighted by molar-refractivity contribution is 0.0612. The summed E-state index contributed by atoms with van der Waals surface area (Å²) in [6.07, 6.45) is 0.756. The van der Waals surface area contributed by atoms with E-state index < -0.39 is 5.60 Å². The van der Waals surface area contributed by atoms with Gasteiger partial charge in [0.15, 0.2) is 0 Å². The molecule has 3 nitrogen and oxygen atoms in total. The average molecular weight is 251 g/mol. The molecular formula is C13H17NO2S. The van der Waals surface area contributed by atoms with Gasteiger partial charge >= 0.3 is 0 Å². The van der Waals surface area contributed by atoms with Gasteiger partial charge in [-0.3, -0.25) is 4.79 Å². The molecule has 1 atom stereocenters. The molecule has 92 valence electrons. The molecule has 0 spiro atoms. The number of nitrogens with one attached hydrogen (secondary N) is 1. The first-order valence-corrected chi connectivity index (χ1v) is 6.90. The zero-order valence-corrected chi connectivity index (χ0v) is 10.7. The van der Waals surface area contributed by atoms with Crippen molar-refractivity contribution in [3.05, 3.63) is 35.4 Å². The second-order valence-corrected chi connectivity index (χ2v) is 5.68. The average Bonchev–Trinajstić information content (AvgIpc) is 2.75. The molecule has 1 unspecified atom stereocenters. The fraction of sp³-hybridized carbons (Fsp3) is 0.462. The minimum Gasteiger partial charge on any atom is -0.387 e. The van der Waals surface area contributed by atoms with Crippen LogP contribution in [-0.2, 0) is 0 Å². The van der Waals surface area contributed by atoms with Crippen LogP contribution >= 0.6 is 11.8 Å². The summed E-state index contributed by atoms with van der Waals surface area (Å²) in [5.74, 6) is 1.56. The Labute approximate surface area is 106 Å². The first-order chi connectivity index (χ1) is 8.09. The highest BCUT2D eigenvalue weighted by Gasteiger charge is 2.31. The van der Waals surface area contributed by atoms with Gasteiger partial charge in [0.2, 0.25) is 0 Å². The van der Waals surface area contributed by atoms with Crippen molar-refractivity contribution in [2.45, 2.75) is 18.9 Å². The smallest absolute Gasteiger partial charge is 0.251 e. The molecule has 1 aliphatic heterocycles. The van der Waals surface area contributed by atoms with Gasteiger partial charge in [-0.25, -0.2) is 0 Å². The van der Waals surface area contributed by atoms with Crippen molar-refractivity contribution in [2.24, 2.45) is 0 Å². The molecule has 0 radical (unpaired) electrons. The topological polar surface area (TPSA) is 49.3 Å². The molecule has 1 aliphatic rings. The molecule has 1 amide bonds. The predicted octanol–water partition coefficient (Wildman–Crippen LogP) is 1.59. The number of carbonyl (C=O) groups excluding carboxylic acids is 1. The van der Waals surface area contributed by atoms with Gasteiger partial charge < -0.3 is 10.4 Å². The van der Waals surface area contributed by atoms with Crippen LogP contribution in [0.5, 0.6) is 0 Å². The van der Waals surface area contributed by atoms with Gasteiger partial charge in [-0.05, 0) is 31.2 Å². The van der Waals surface area contributed by atoms with E-state index in [1.54, 1.807) is 23.9 Å². The summed E-state index contributed by atoms with van der Waals surface area (Å²) in [6.45, 7) is 2.33. The summed E-state index contributed by atoms with van der Waals surface area (Å²) < 4.78 is 0. The molecule has 1 heterocycles. The van der Waals surface area contributed by atoms with Crippen molar-refractivity contribution in [1.82, 2.24) is 5.32 Å². The third-order valence-electron chi connectivity index (χ3n) is 2.97. The Morgan fingerprint density at radius 1 is 1.47 bits per heavy atom. The van der Waals surface area contributed by atoms with E-state index in [0.29, 0.717) is 17.9 Å². The van der Waals surface area contributed by atoms with Crippen LogP contribution in [0.3, 0.4) is 0 Å². The minimum absolute atomic E-state index is 0.115. The number of hydrogen-bond donors (Lipinski definition) is 2. The van der Waals surface area contributed by atoms with Crippen LogP contribution in [0.25, 0.3) is 0 Å². The maximum Gasteiger partial charge on any atom is 0.251 e. The lowest BCUT2D eigenvalue weighted by Crippen LogP contribution is -2.42. The number of aliphatic hydroxyl groups is 1. The van der Waals surface area contributed by atoms with Crippen molar-refractivity contribution in [3.8, 4) is 0 Å². The first kappa shape index (κ1) is 12.5. The van der Waals surface area contributed by atoms with Gasteiger partial charge in [0.1, 0.15) is 0 Å². The summed E-state index contributed by atoms with van der Waals surface area (Å²) in [7, 11) is 0. The molecule has 1 fully saturated rings. The van der Waals surface area contributed by atoms with Crippen LogP contribution in [0, 0.1) is 6.92 Å². The monoisotopic (exact) mass is 251 g/mol. The maximum absolute atomic E-state index is 11.8. The van der Waals surface area contributed by atoms with Gasteiger partial charge in [0.25, 0.3) is 5.91 Å². The largest absolute Gasteiger partial charge is 0.387 e. The van der Waals surface area contributed by atoms with Crippen LogP contribution < -0.4 is 5.32 Å². The fourth-order valence-corrected chi connectivity index (χ4v) is 3.08. The van der Waals surface area contributed by atoms with Crippen molar-refractivity contribution in [2.75, 3.05) is 18.1 Å². The van der Waals surface area contributed by atoms with Crippen molar-refractivity contribution in [1.29, 1.82) is 0 Å². The molecule has 17 heavy (non-hydrogen) atoms. The van der Waals surface area contributed by atoms with Crippen LogP contribution in [0.4, 0.5) is 0 Å². The van der Waals surface area contributed by atoms with E-state index in [1.807, 2.05) is 19.1 Å². The predicted molar refractivity (Wildman–Crippen MR) is 70.4 cm³/mol. The van der Waals surface area contributed by atoms with Crippen LogP contribution in [0.2, 0.25) is 0 Å². The third kappa shape index (κ3) is 3.23. The molecule has 0 aromatic heterocycles. The number of amides is 1. The van der Waals surface area contributed by atoms with Crippen molar-refractivity contribution >= 4 is 17.7 Å². The Morgan fingerprint density at radius 3 is 2.76 bits per heavy atom. The quantitative estimate of drug-likeness (QED) is 0.858. The first-order valence-electron chi connectivity index (χ1n) is 5.74. The highest BCUT2D eigenvalue weighted by Crippen LogP contribution is 2.26. The zero-order chi connectivity index (χ0) is 12.3. The van der Waals surface area contributed by atoms with E-state index in [4.69, 9.17) is 0 Å². The molecule has 4 heteroatoms. The molecular weight excluding hydrogens is 234 g/mol. The number of benzene rings is 1. The Balaban J connectivity index is 1.91. The van der Waals surface area contributed by atoms with Crippen LogP contribution in [0.1, 0.15) is 22.3 Å². The number of hydrogen-bond acceptors (Lipinski definition) is 3. The van der Waals surface area contributed by atoms with Crippen molar-refractivity contribution < 1.29 is 9.90 Å². The molecule has 0 bridgehead atoms. The Kier molecular flexibility index (Phi) is 3.74. The number of thioether (sulfide) groups is 1. The minimum atomic E-state index is -0.717. The van der Waals surface area contributed by atoms with Crippen LogP contribution in [0.15, 0.2) is 24.3 Å². The van der Waals surface area contributed by atoms with E-state index in [0.717, 1.165) is 17.7 Å². The highest BCUT2D eigenvalue weighted by atomic mass is 32.2. The zero-order valence-electron chi connectivity index (χ0n) is 9.90. The number of carbonyl (C=O) groups is 1. The Bertz CT molecular complexity index is 396. The van der Waals surface area contributed by atoms with E-state index in [2.05, 4.69) is 5.32 Å². The molecule has 1 saturated heterocycles. The lowest BCUT2D eigenvalue weighted by atomic mass is 10.0. The summed E-state index contributed by atoms with van der Waals surface area (Å²) in [5, 5.41) is 12.9. The van der Waals surface area contributed by atoms with E-state index in [9.17, 15) is 9.90 Å². The summed E-state index contributed by atoms with van der Waals surface area (Å²) >= 11 is 1.73. The second-order valence-electron chi connectivity index (χ2n) is 4.58. The summed E-state index contributed by atoms with van der Waals surface area (Å²) in [6, 6.07) is 7.43. The molecule has 0 aliphatic carbocycles. The van der Waals surface area contributed by atoms with E-state index >= 15 is 0 Å². The van der Waals surface area contributed by atoms with Gasteiger partial charge in [-0.2, -0.15) is 11.8 Å². The molecule has 1 aromatic carbocycles. The SMILES string of the molecule is Cc1ccc(C(=O)NCC2(O)CCSC2)cc1. The third-order valence-corrected chi connectivity index (χ3v) is 4.21. The van der Waals surface area contributed by atoms with Gasteiger partial charge in [-0.15, -0.1) is 0 Å². The van der Waals surface area contributed by atoms with E-state index in [-0.39, 0.29) is 5.91 Å². The van der Waals surface area contributed by atoms with Crippen LogP contribution in [-0.4, -0.2) is 34.7 Å². The normalized spacial score (nSPS) is 23.6. The standard InChI is InChI=1S/C13H17NO2S/c1-10-2-4-11(5-3-10)12(15)14-8-13(16)6-7-17-9-13/h2-5,16H,6-9H2,1H3,(H,14,15). The summed E-state index contributed by atoms with van der Waals surface area (Å²) in [4.78, 5) is 11.8. The summed E-state index contributed by atoms with van der Waals surface area (Å²) in [5.41, 5.74) is 1.06. The molecule has 2 rings (SSSR count). The second kappa shape index (κ2) is 5.10. The highest BCUT2D eigenvalue weighted by molar-refractivity contribution is 7.99.